The molecule has 2 amide bonds. The molecular formula is C17H18N6O5S2. The van der Waals surface area contributed by atoms with Gasteiger partial charge in [0, 0.05) is 17.3 Å². The van der Waals surface area contributed by atoms with Crippen LogP contribution in [-0.4, -0.2) is 66.1 Å². The lowest BCUT2D eigenvalue weighted by molar-refractivity contribution is -0.150. The number of fused-ring (bicyclic) bond motifs is 1. The predicted molar refractivity (Wildman–Crippen MR) is 109 cm³/mol. The number of aromatic nitrogens is 2. The molecule has 0 bridgehead atoms. The summed E-state index contributed by atoms with van der Waals surface area (Å²) in [7, 11) is 0. The van der Waals surface area contributed by atoms with Crippen LogP contribution in [0.4, 0.5) is 5.13 Å². The SMILES string of the molecule is Nc1nc(/C(=N/OC2C=CCCC2)C(=O)NC2C(=O)N3C(C(=O)O)=CCS[C@H]23)ns1. The largest absolute Gasteiger partial charge is 0.477 e. The molecule has 3 aliphatic rings. The molecule has 13 heteroatoms. The average molecular weight is 451 g/mol. The average Bonchev–Trinajstić information content (AvgIpc) is 3.18. The number of aliphatic carboxylic acids is 1. The number of hydrogen-bond acceptors (Lipinski definition) is 10. The summed E-state index contributed by atoms with van der Waals surface area (Å²) in [5.41, 5.74) is 5.36. The highest BCUT2D eigenvalue weighted by Gasteiger charge is 2.53. The van der Waals surface area contributed by atoms with Crippen LogP contribution in [0.25, 0.3) is 0 Å². The van der Waals surface area contributed by atoms with Crippen molar-refractivity contribution in [2.75, 3.05) is 11.5 Å². The topological polar surface area (TPSA) is 160 Å². The number of β-lactam (4-membered cyclic amide) rings is 1. The first-order chi connectivity index (χ1) is 14.5. The molecule has 3 heterocycles. The number of nitrogens with one attached hydrogen (secondary N) is 1. The highest BCUT2D eigenvalue weighted by molar-refractivity contribution is 8.00. The van der Waals surface area contributed by atoms with E-state index in [4.69, 9.17) is 10.6 Å². The molecule has 0 radical (unpaired) electrons. The number of thioether (sulfide) groups is 1. The second kappa shape index (κ2) is 8.44. The minimum absolute atomic E-state index is 0.000774. The van der Waals surface area contributed by atoms with Crippen molar-refractivity contribution >= 4 is 51.9 Å². The van der Waals surface area contributed by atoms with E-state index in [-0.39, 0.29) is 28.5 Å². The summed E-state index contributed by atoms with van der Waals surface area (Å²) in [5.74, 6) is -1.96. The third kappa shape index (κ3) is 3.89. The van der Waals surface area contributed by atoms with Crippen molar-refractivity contribution in [3.8, 4) is 0 Å². The number of anilines is 1. The molecule has 2 aliphatic heterocycles. The van der Waals surface area contributed by atoms with Gasteiger partial charge < -0.3 is 21.0 Å². The molecule has 1 aliphatic carbocycles. The van der Waals surface area contributed by atoms with Crippen molar-refractivity contribution in [1.82, 2.24) is 19.6 Å². The molecule has 1 aromatic heterocycles. The Labute approximate surface area is 179 Å². The number of allylic oxidation sites excluding steroid dienone is 1. The fraction of sp³-hybridized carbons (Fsp3) is 0.412. The van der Waals surface area contributed by atoms with E-state index < -0.39 is 29.2 Å². The van der Waals surface area contributed by atoms with Crippen LogP contribution in [-0.2, 0) is 19.2 Å². The molecule has 4 N–H and O–H groups in total. The maximum Gasteiger partial charge on any atom is 0.352 e. The number of carboxylic acid groups (broad SMARTS) is 1. The summed E-state index contributed by atoms with van der Waals surface area (Å²) in [4.78, 5) is 47.3. The molecule has 0 spiro atoms. The Bertz CT molecular complexity index is 974. The van der Waals surface area contributed by atoms with Gasteiger partial charge in [-0.05, 0) is 31.4 Å². The number of carboxylic acids is 1. The Morgan fingerprint density at radius 3 is 2.93 bits per heavy atom. The zero-order valence-electron chi connectivity index (χ0n) is 15.6. The number of carbonyl (C=O) groups excluding carboxylic acids is 2. The maximum absolute atomic E-state index is 12.9. The molecule has 30 heavy (non-hydrogen) atoms. The van der Waals surface area contributed by atoms with Gasteiger partial charge in [0.2, 0.25) is 11.5 Å². The predicted octanol–water partition coefficient (Wildman–Crippen LogP) is 0.318. The molecule has 1 aromatic rings. The zero-order chi connectivity index (χ0) is 21.3. The van der Waals surface area contributed by atoms with Crippen LogP contribution in [0.3, 0.4) is 0 Å². The number of oxime groups is 1. The summed E-state index contributed by atoms with van der Waals surface area (Å²) in [5, 5.41) is 15.5. The first-order valence-electron chi connectivity index (χ1n) is 9.14. The third-order valence-electron chi connectivity index (χ3n) is 4.71. The Kier molecular flexibility index (Phi) is 5.72. The number of amides is 2. The lowest BCUT2D eigenvalue weighted by Gasteiger charge is -2.48. The van der Waals surface area contributed by atoms with E-state index in [1.54, 1.807) is 0 Å². The second-order valence-electron chi connectivity index (χ2n) is 6.68. The molecule has 2 unspecified atom stereocenters. The van der Waals surface area contributed by atoms with Gasteiger partial charge in [-0.3, -0.25) is 14.5 Å². The zero-order valence-corrected chi connectivity index (χ0v) is 17.2. The van der Waals surface area contributed by atoms with Gasteiger partial charge in [-0.15, -0.1) is 11.8 Å². The van der Waals surface area contributed by atoms with Gasteiger partial charge in [0.05, 0.1) is 0 Å². The standard InChI is InChI=1S/C17H18N6O5S2/c18-17-20-12(22-30-17)10(21-28-8-4-2-1-3-5-8)13(24)19-11-14(25)23-9(16(26)27)6-7-29-15(11)23/h2,4,6,8,11,15H,1,3,5,7H2,(H,19,24)(H,26,27)(H2,18,20,22)/b21-10-/t8?,11?,15-/m1/s1. The summed E-state index contributed by atoms with van der Waals surface area (Å²) in [6.45, 7) is 0. The van der Waals surface area contributed by atoms with Crippen molar-refractivity contribution in [2.24, 2.45) is 5.16 Å². The molecule has 11 nitrogen and oxygen atoms in total. The maximum atomic E-state index is 12.9. The molecule has 4 rings (SSSR count). The van der Waals surface area contributed by atoms with Gasteiger partial charge in [-0.25, -0.2) is 4.79 Å². The van der Waals surface area contributed by atoms with Gasteiger partial charge >= 0.3 is 5.97 Å². The molecule has 1 fully saturated rings. The van der Waals surface area contributed by atoms with Crippen molar-refractivity contribution in [1.29, 1.82) is 0 Å². The number of nitrogens with two attached hydrogens (primary N) is 1. The van der Waals surface area contributed by atoms with E-state index in [0.717, 1.165) is 30.8 Å². The molecular weight excluding hydrogens is 432 g/mol. The Hall–Kier alpha value is -2.93. The second-order valence-corrected chi connectivity index (χ2v) is 8.61. The summed E-state index contributed by atoms with van der Waals surface area (Å²) < 4.78 is 4.02. The highest BCUT2D eigenvalue weighted by atomic mass is 32.2. The van der Waals surface area contributed by atoms with Crippen LogP contribution < -0.4 is 11.1 Å². The van der Waals surface area contributed by atoms with Gasteiger partial charge in [0.25, 0.3) is 11.8 Å². The van der Waals surface area contributed by atoms with Crippen molar-refractivity contribution in [3.63, 3.8) is 0 Å². The number of carbonyl (C=O) groups is 3. The highest BCUT2D eigenvalue weighted by Crippen LogP contribution is 2.37. The van der Waals surface area contributed by atoms with Crippen LogP contribution in [0.2, 0.25) is 0 Å². The van der Waals surface area contributed by atoms with Crippen LogP contribution in [0.15, 0.2) is 29.1 Å². The van der Waals surface area contributed by atoms with Gasteiger partial charge in [0.1, 0.15) is 23.2 Å². The van der Waals surface area contributed by atoms with Crippen LogP contribution >= 0.6 is 23.3 Å². The van der Waals surface area contributed by atoms with Crippen molar-refractivity contribution in [2.45, 2.75) is 36.8 Å². The lowest BCUT2D eigenvalue weighted by Crippen LogP contribution is -2.70. The minimum Gasteiger partial charge on any atom is -0.477 e. The van der Waals surface area contributed by atoms with Crippen LogP contribution in [0.1, 0.15) is 25.1 Å². The summed E-state index contributed by atoms with van der Waals surface area (Å²) in [6.07, 6.45) is 7.74. The number of nitrogens with zero attached hydrogens (tertiary/aromatic N) is 4. The van der Waals surface area contributed by atoms with E-state index >= 15 is 0 Å². The quantitative estimate of drug-likeness (QED) is 0.240. The molecule has 158 valence electrons. The fourth-order valence-electron chi connectivity index (χ4n) is 3.25. The summed E-state index contributed by atoms with van der Waals surface area (Å²) >= 11 is 2.26. The Morgan fingerprint density at radius 1 is 1.43 bits per heavy atom. The van der Waals surface area contributed by atoms with E-state index in [1.165, 1.54) is 22.7 Å². The Morgan fingerprint density at radius 2 is 2.27 bits per heavy atom. The first kappa shape index (κ1) is 20.3. The fourth-order valence-corrected chi connectivity index (χ4v) is 4.88. The van der Waals surface area contributed by atoms with E-state index in [0.29, 0.717) is 5.75 Å². The van der Waals surface area contributed by atoms with Crippen LogP contribution in [0, 0.1) is 0 Å². The summed E-state index contributed by atoms with van der Waals surface area (Å²) in [6, 6.07) is -0.888. The molecule has 0 aromatic carbocycles. The molecule has 3 atom stereocenters. The first-order valence-corrected chi connectivity index (χ1v) is 11.0. The van der Waals surface area contributed by atoms with Gasteiger partial charge in [-0.1, -0.05) is 11.2 Å². The number of rotatable bonds is 6. The normalized spacial score (nSPS) is 25.8. The third-order valence-corrected chi connectivity index (χ3v) is 6.44. The van der Waals surface area contributed by atoms with Crippen molar-refractivity contribution < 1.29 is 24.3 Å². The van der Waals surface area contributed by atoms with Gasteiger partial charge in [0.15, 0.2) is 5.13 Å². The smallest absolute Gasteiger partial charge is 0.352 e. The molecule has 0 saturated carbocycles. The minimum atomic E-state index is -1.18. The van der Waals surface area contributed by atoms with E-state index in [1.807, 2.05) is 12.2 Å². The monoisotopic (exact) mass is 450 g/mol. The Balaban J connectivity index is 1.50. The van der Waals surface area contributed by atoms with Crippen molar-refractivity contribution in [3.05, 3.63) is 29.7 Å². The van der Waals surface area contributed by atoms with E-state index in [9.17, 15) is 19.5 Å². The molecule has 1 saturated heterocycles. The lowest BCUT2D eigenvalue weighted by atomic mass is 10.0. The number of hydrogen-bond donors (Lipinski definition) is 3. The number of nitrogen functional groups attached to an aromatic ring is 1. The van der Waals surface area contributed by atoms with Crippen LogP contribution in [0.5, 0.6) is 0 Å². The van der Waals surface area contributed by atoms with Gasteiger partial charge in [-0.2, -0.15) is 9.36 Å². The van der Waals surface area contributed by atoms with E-state index in [2.05, 4.69) is 19.8 Å².